The van der Waals surface area contributed by atoms with Gasteiger partial charge in [-0.25, -0.2) is 4.98 Å². The lowest BCUT2D eigenvalue weighted by Crippen LogP contribution is -2.34. The number of aromatic nitrogens is 1. The van der Waals surface area contributed by atoms with Gasteiger partial charge in [0.1, 0.15) is 17.7 Å². The van der Waals surface area contributed by atoms with Crippen molar-refractivity contribution >= 4 is 23.2 Å². The number of hydrogen-bond acceptors (Lipinski definition) is 6. The van der Waals surface area contributed by atoms with Crippen LogP contribution in [0.5, 0.6) is 0 Å². The van der Waals surface area contributed by atoms with Gasteiger partial charge < -0.3 is 27.6 Å². The molecule has 0 saturated heterocycles. The number of primary amides is 1. The SMILES string of the molecule is NC(=O)C(O)CNc1ccc(N)c(N)n1. The Morgan fingerprint density at radius 3 is 2.73 bits per heavy atom. The highest BCUT2D eigenvalue weighted by atomic mass is 16.3. The number of nitrogens with two attached hydrogens (primary N) is 3. The average Bonchev–Trinajstić information content (AvgIpc) is 2.19. The molecule has 0 aliphatic heterocycles. The monoisotopic (exact) mass is 211 g/mol. The number of rotatable bonds is 4. The van der Waals surface area contributed by atoms with Gasteiger partial charge in [0, 0.05) is 0 Å². The van der Waals surface area contributed by atoms with Crippen LogP contribution in [0.15, 0.2) is 12.1 Å². The average molecular weight is 211 g/mol. The summed E-state index contributed by atoms with van der Waals surface area (Å²) in [4.78, 5) is 14.4. The van der Waals surface area contributed by atoms with Crippen LogP contribution in [0, 0.1) is 0 Å². The number of amides is 1. The lowest BCUT2D eigenvalue weighted by molar-refractivity contribution is -0.125. The zero-order chi connectivity index (χ0) is 11.4. The summed E-state index contributed by atoms with van der Waals surface area (Å²) < 4.78 is 0. The van der Waals surface area contributed by atoms with Crippen LogP contribution >= 0.6 is 0 Å². The molecular weight excluding hydrogens is 198 g/mol. The maximum Gasteiger partial charge on any atom is 0.248 e. The minimum atomic E-state index is -1.26. The van der Waals surface area contributed by atoms with E-state index in [4.69, 9.17) is 22.3 Å². The molecule has 1 amide bonds. The number of hydrogen-bond donors (Lipinski definition) is 5. The van der Waals surface area contributed by atoms with E-state index in [0.717, 1.165) is 0 Å². The van der Waals surface area contributed by atoms with Crippen LogP contribution < -0.4 is 22.5 Å². The molecular formula is C8H13N5O2. The van der Waals surface area contributed by atoms with Gasteiger partial charge in [-0.3, -0.25) is 4.79 Å². The van der Waals surface area contributed by atoms with Crippen LogP contribution in [0.3, 0.4) is 0 Å². The maximum absolute atomic E-state index is 10.5. The predicted molar refractivity (Wildman–Crippen MR) is 56.8 cm³/mol. The van der Waals surface area contributed by atoms with Crippen LogP contribution in [0.25, 0.3) is 0 Å². The molecule has 0 spiro atoms. The molecule has 7 heteroatoms. The number of carbonyl (C=O) groups is 1. The number of anilines is 3. The third-order valence-electron chi connectivity index (χ3n) is 1.76. The highest BCUT2D eigenvalue weighted by Crippen LogP contribution is 2.14. The fraction of sp³-hybridized carbons (Fsp3) is 0.250. The number of carbonyl (C=O) groups excluding carboxylic acids is 1. The Balaban J connectivity index is 2.58. The fourth-order valence-corrected chi connectivity index (χ4v) is 0.886. The van der Waals surface area contributed by atoms with Gasteiger partial charge in [0.15, 0.2) is 0 Å². The van der Waals surface area contributed by atoms with Gasteiger partial charge >= 0.3 is 0 Å². The van der Waals surface area contributed by atoms with Crippen molar-refractivity contribution in [1.29, 1.82) is 0 Å². The second kappa shape index (κ2) is 4.47. The van der Waals surface area contributed by atoms with Gasteiger partial charge in [0.05, 0.1) is 12.2 Å². The highest BCUT2D eigenvalue weighted by molar-refractivity contribution is 5.79. The zero-order valence-electron chi connectivity index (χ0n) is 7.97. The lowest BCUT2D eigenvalue weighted by atomic mass is 10.3. The van der Waals surface area contributed by atoms with E-state index in [0.29, 0.717) is 11.5 Å². The third-order valence-corrected chi connectivity index (χ3v) is 1.76. The number of nitrogens with one attached hydrogen (secondary N) is 1. The van der Waals surface area contributed by atoms with Crippen molar-refractivity contribution in [3.05, 3.63) is 12.1 Å². The summed E-state index contributed by atoms with van der Waals surface area (Å²) >= 11 is 0. The van der Waals surface area contributed by atoms with E-state index in [2.05, 4.69) is 10.3 Å². The van der Waals surface area contributed by atoms with Gasteiger partial charge in [-0.15, -0.1) is 0 Å². The molecule has 0 radical (unpaired) electrons. The Morgan fingerprint density at radius 2 is 2.20 bits per heavy atom. The second-order valence-corrected chi connectivity index (χ2v) is 2.97. The Kier molecular flexibility index (Phi) is 3.29. The Labute approximate surface area is 86.3 Å². The van der Waals surface area contributed by atoms with E-state index in [1.54, 1.807) is 12.1 Å². The lowest BCUT2D eigenvalue weighted by Gasteiger charge is -2.09. The first-order valence-corrected chi connectivity index (χ1v) is 4.24. The predicted octanol–water partition coefficient (Wildman–Crippen LogP) is -1.50. The molecule has 82 valence electrons. The standard InChI is InChI=1S/C8H13N5O2/c9-4-1-2-6(13-7(4)10)12-3-5(14)8(11)15/h1-2,5,14H,3,9H2,(H2,11,15)(H3,10,12,13). The van der Waals surface area contributed by atoms with Gasteiger partial charge in [0.2, 0.25) is 5.91 Å². The van der Waals surface area contributed by atoms with Crippen LogP contribution in [-0.2, 0) is 4.79 Å². The summed E-state index contributed by atoms with van der Waals surface area (Å²) in [7, 11) is 0. The van der Waals surface area contributed by atoms with Gasteiger partial charge in [0.25, 0.3) is 0 Å². The van der Waals surface area contributed by atoms with Gasteiger partial charge in [-0.2, -0.15) is 0 Å². The van der Waals surface area contributed by atoms with Crippen LogP contribution in [0.2, 0.25) is 0 Å². The largest absolute Gasteiger partial charge is 0.396 e. The molecule has 1 aromatic rings. The summed E-state index contributed by atoms with van der Waals surface area (Å²) in [5.41, 5.74) is 16.1. The molecule has 0 aromatic carbocycles. The topological polar surface area (TPSA) is 140 Å². The molecule has 0 aliphatic rings. The highest BCUT2D eigenvalue weighted by Gasteiger charge is 2.10. The van der Waals surface area contributed by atoms with E-state index in [1.165, 1.54) is 0 Å². The first-order valence-electron chi connectivity index (χ1n) is 4.24. The van der Waals surface area contributed by atoms with E-state index in [-0.39, 0.29) is 12.4 Å². The van der Waals surface area contributed by atoms with Gasteiger partial charge in [-0.1, -0.05) is 0 Å². The normalized spacial score (nSPS) is 12.1. The minimum Gasteiger partial charge on any atom is -0.396 e. The molecule has 1 heterocycles. The number of aliphatic hydroxyl groups excluding tert-OH is 1. The van der Waals surface area contributed by atoms with E-state index in [1.807, 2.05) is 0 Å². The van der Waals surface area contributed by atoms with Crippen molar-refractivity contribution in [2.45, 2.75) is 6.10 Å². The first-order chi connectivity index (χ1) is 7.00. The van der Waals surface area contributed by atoms with Crippen molar-refractivity contribution in [2.24, 2.45) is 5.73 Å². The van der Waals surface area contributed by atoms with Crippen LogP contribution in [0.1, 0.15) is 0 Å². The molecule has 1 unspecified atom stereocenters. The molecule has 8 N–H and O–H groups in total. The fourth-order valence-electron chi connectivity index (χ4n) is 0.886. The van der Waals surface area contributed by atoms with Crippen LogP contribution in [-0.4, -0.2) is 28.6 Å². The number of nitrogens with zero attached hydrogens (tertiary/aromatic N) is 1. The molecule has 0 aliphatic carbocycles. The summed E-state index contributed by atoms with van der Waals surface area (Å²) in [6.45, 7) is -0.0221. The van der Waals surface area contributed by atoms with Crippen LogP contribution in [0.4, 0.5) is 17.3 Å². The van der Waals surface area contributed by atoms with Crippen molar-refractivity contribution in [1.82, 2.24) is 4.98 Å². The van der Waals surface area contributed by atoms with Crippen molar-refractivity contribution < 1.29 is 9.90 Å². The van der Waals surface area contributed by atoms with Crippen molar-refractivity contribution in [3.8, 4) is 0 Å². The van der Waals surface area contributed by atoms with Crippen molar-refractivity contribution in [2.75, 3.05) is 23.3 Å². The Morgan fingerprint density at radius 1 is 1.53 bits per heavy atom. The smallest absolute Gasteiger partial charge is 0.248 e. The number of nitrogen functional groups attached to an aromatic ring is 2. The van der Waals surface area contributed by atoms with E-state index >= 15 is 0 Å². The third kappa shape index (κ3) is 2.99. The molecule has 1 rings (SSSR count). The number of pyridine rings is 1. The molecule has 1 aromatic heterocycles. The summed E-state index contributed by atoms with van der Waals surface area (Å²) in [5.74, 6) is -0.193. The van der Waals surface area contributed by atoms with E-state index in [9.17, 15) is 4.79 Å². The number of aliphatic hydroxyl groups is 1. The Bertz CT molecular complexity index is 368. The molecule has 15 heavy (non-hydrogen) atoms. The first kappa shape index (κ1) is 11.1. The molecule has 0 bridgehead atoms. The molecule has 0 fully saturated rings. The zero-order valence-corrected chi connectivity index (χ0v) is 7.97. The minimum absolute atomic E-state index is 0.0221. The second-order valence-electron chi connectivity index (χ2n) is 2.97. The molecule has 0 saturated carbocycles. The molecule has 7 nitrogen and oxygen atoms in total. The van der Waals surface area contributed by atoms with Crippen molar-refractivity contribution in [3.63, 3.8) is 0 Å². The van der Waals surface area contributed by atoms with E-state index < -0.39 is 12.0 Å². The quantitative estimate of drug-likeness (QED) is 0.410. The maximum atomic E-state index is 10.5. The summed E-state index contributed by atoms with van der Waals surface area (Å²) in [6, 6.07) is 3.15. The van der Waals surface area contributed by atoms with Gasteiger partial charge in [-0.05, 0) is 12.1 Å². The summed E-state index contributed by atoms with van der Waals surface area (Å²) in [5, 5.41) is 11.8. The molecule has 1 atom stereocenters. The summed E-state index contributed by atoms with van der Waals surface area (Å²) in [6.07, 6.45) is -1.26. The Hall–Kier alpha value is -2.02.